The zero-order valence-corrected chi connectivity index (χ0v) is 12.4. The van der Waals surface area contributed by atoms with Gasteiger partial charge in [0.25, 0.3) is 0 Å². The van der Waals surface area contributed by atoms with Gasteiger partial charge in [-0.05, 0) is 26.8 Å². The number of hydrogen-bond donors (Lipinski definition) is 2. The Morgan fingerprint density at radius 2 is 1.78 bits per heavy atom. The molecular formula is C13H30N2O3. The highest BCUT2D eigenvalue weighted by Crippen LogP contribution is 2.09. The van der Waals surface area contributed by atoms with Crippen LogP contribution in [-0.2, 0) is 9.47 Å². The van der Waals surface area contributed by atoms with E-state index in [0.717, 1.165) is 45.7 Å². The Morgan fingerprint density at radius 3 is 2.28 bits per heavy atom. The van der Waals surface area contributed by atoms with Gasteiger partial charge in [-0.3, -0.25) is 0 Å². The van der Waals surface area contributed by atoms with Crippen LogP contribution in [0.3, 0.4) is 0 Å². The molecule has 0 aromatic carbocycles. The molecule has 0 radical (unpaired) electrons. The number of aliphatic hydroxyl groups is 1. The first-order valence-electron chi connectivity index (χ1n) is 6.62. The van der Waals surface area contributed by atoms with Gasteiger partial charge in [0.1, 0.15) is 0 Å². The van der Waals surface area contributed by atoms with Gasteiger partial charge in [-0.2, -0.15) is 0 Å². The van der Waals surface area contributed by atoms with Crippen LogP contribution >= 0.6 is 0 Å². The van der Waals surface area contributed by atoms with Crippen LogP contribution in [0.4, 0.5) is 0 Å². The number of ether oxygens (including phenoxy) is 2. The summed E-state index contributed by atoms with van der Waals surface area (Å²) in [5.41, 5.74) is -0.202. The topological polar surface area (TPSA) is 54.0 Å². The Bertz CT molecular complexity index is 187. The van der Waals surface area contributed by atoms with Crippen LogP contribution in [0.5, 0.6) is 0 Å². The highest BCUT2D eigenvalue weighted by molar-refractivity contribution is 4.81. The van der Waals surface area contributed by atoms with Crippen molar-refractivity contribution in [3.05, 3.63) is 0 Å². The smallest absolute Gasteiger partial charge is 0.0610 e. The second-order valence-corrected chi connectivity index (χ2v) is 4.90. The van der Waals surface area contributed by atoms with Crippen LogP contribution in [0.25, 0.3) is 0 Å². The van der Waals surface area contributed by atoms with Crippen molar-refractivity contribution < 1.29 is 14.6 Å². The fraction of sp³-hybridized carbons (Fsp3) is 1.00. The largest absolute Gasteiger partial charge is 0.394 e. The van der Waals surface area contributed by atoms with Gasteiger partial charge in [0, 0.05) is 46.0 Å². The number of methoxy groups -OCH3 is 2. The van der Waals surface area contributed by atoms with Gasteiger partial charge in [-0.25, -0.2) is 0 Å². The van der Waals surface area contributed by atoms with Gasteiger partial charge in [0.05, 0.1) is 13.2 Å². The molecule has 2 N–H and O–H groups in total. The Kier molecular flexibility index (Phi) is 10.6. The molecule has 0 fully saturated rings. The summed E-state index contributed by atoms with van der Waals surface area (Å²) >= 11 is 0. The van der Waals surface area contributed by atoms with Gasteiger partial charge < -0.3 is 24.8 Å². The van der Waals surface area contributed by atoms with Gasteiger partial charge in [0.2, 0.25) is 0 Å². The number of hydrogen-bond acceptors (Lipinski definition) is 5. The highest BCUT2D eigenvalue weighted by atomic mass is 16.5. The molecule has 0 saturated heterocycles. The molecule has 0 aliphatic rings. The van der Waals surface area contributed by atoms with Crippen molar-refractivity contribution in [3.63, 3.8) is 0 Å². The lowest BCUT2D eigenvalue weighted by Gasteiger charge is -2.30. The lowest BCUT2D eigenvalue weighted by atomic mass is 9.99. The van der Waals surface area contributed by atoms with E-state index < -0.39 is 0 Å². The molecule has 0 aromatic rings. The third-order valence-corrected chi connectivity index (χ3v) is 3.37. The summed E-state index contributed by atoms with van der Waals surface area (Å²) in [7, 11) is 5.34. The Balaban J connectivity index is 4.05. The van der Waals surface area contributed by atoms with E-state index >= 15 is 0 Å². The van der Waals surface area contributed by atoms with Crippen LogP contribution in [-0.4, -0.2) is 76.3 Å². The van der Waals surface area contributed by atoms with Crippen molar-refractivity contribution in [1.82, 2.24) is 10.2 Å². The highest BCUT2D eigenvalue weighted by Gasteiger charge is 2.21. The van der Waals surface area contributed by atoms with Crippen LogP contribution in [0.15, 0.2) is 0 Å². The van der Waals surface area contributed by atoms with Crippen molar-refractivity contribution in [2.24, 2.45) is 0 Å². The second-order valence-electron chi connectivity index (χ2n) is 4.90. The zero-order chi connectivity index (χ0) is 13.9. The van der Waals surface area contributed by atoms with Crippen molar-refractivity contribution in [2.75, 3.05) is 60.7 Å². The first-order chi connectivity index (χ1) is 8.61. The monoisotopic (exact) mass is 262 g/mol. The number of nitrogens with one attached hydrogen (secondary N) is 1. The lowest BCUT2D eigenvalue weighted by Crippen LogP contribution is -2.46. The van der Waals surface area contributed by atoms with E-state index in [9.17, 15) is 5.11 Å². The molecule has 0 aromatic heterocycles. The molecule has 0 aliphatic carbocycles. The third-order valence-electron chi connectivity index (χ3n) is 3.37. The van der Waals surface area contributed by atoms with E-state index in [0.29, 0.717) is 0 Å². The first-order valence-corrected chi connectivity index (χ1v) is 6.62. The lowest BCUT2D eigenvalue weighted by molar-refractivity contribution is 0.114. The van der Waals surface area contributed by atoms with Crippen molar-refractivity contribution in [2.45, 2.75) is 25.3 Å². The van der Waals surface area contributed by atoms with E-state index in [1.165, 1.54) is 0 Å². The number of aliphatic hydroxyl groups excluding tert-OH is 1. The fourth-order valence-corrected chi connectivity index (χ4v) is 1.68. The predicted octanol–water partition coefficient (Wildman–Crippen LogP) is 0.332. The number of rotatable bonds is 12. The molecule has 0 aliphatic heterocycles. The third kappa shape index (κ3) is 8.00. The normalized spacial score (nSPS) is 15.0. The standard InChI is InChI=1S/C13H30N2O3/c1-13(12-16,14-2)6-8-15(9-11-18-4)7-5-10-17-3/h14,16H,5-12H2,1-4H3. The van der Waals surface area contributed by atoms with E-state index in [2.05, 4.69) is 10.2 Å². The Morgan fingerprint density at radius 1 is 1.11 bits per heavy atom. The molecule has 0 bridgehead atoms. The summed E-state index contributed by atoms with van der Waals surface area (Å²) in [5.74, 6) is 0. The minimum absolute atomic E-state index is 0.152. The molecule has 0 heterocycles. The first kappa shape index (κ1) is 17.8. The summed E-state index contributed by atoms with van der Waals surface area (Å²) in [5, 5.41) is 12.5. The number of nitrogens with zero attached hydrogens (tertiary/aromatic N) is 1. The van der Waals surface area contributed by atoms with Crippen molar-refractivity contribution in [1.29, 1.82) is 0 Å². The van der Waals surface area contributed by atoms with Crippen LogP contribution < -0.4 is 5.32 Å². The zero-order valence-electron chi connectivity index (χ0n) is 12.4. The maximum Gasteiger partial charge on any atom is 0.0610 e. The minimum Gasteiger partial charge on any atom is -0.394 e. The molecule has 5 heteroatoms. The Labute approximate surface area is 111 Å². The van der Waals surface area contributed by atoms with Crippen LogP contribution in [0, 0.1) is 0 Å². The fourth-order valence-electron chi connectivity index (χ4n) is 1.68. The maximum absolute atomic E-state index is 9.36. The molecule has 1 unspecified atom stereocenters. The predicted molar refractivity (Wildman–Crippen MR) is 74.0 cm³/mol. The summed E-state index contributed by atoms with van der Waals surface area (Å²) in [6.45, 7) is 6.59. The maximum atomic E-state index is 9.36. The van der Waals surface area contributed by atoms with Crippen LogP contribution in [0.2, 0.25) is 0 Å². The number of likely N-dealkylation sites (N-methyl/N-ethyl adjacent to an activating group) is 1. The van der Waals surface area contributed by atoms with E-state index in [1.54, 1.807) is 14.2 Å². The van der Waals surface area contributed by atoms with Gasteiger partial charge in [-0.15, -0.1) is 0 Å². The van der Waals surface area contributed by atoms with Gasteiger partial charge >= 0.3 is 0 Å². The van der Waals surface area contributed by atoms with E-state index in [4.69, 9.17) is 9.47 Å². The van der Waals surface area contributed by atoms with E-state index in [-0.39, 0.29) is 12.1 Å². The molecule has 0 spiro atoms. The molecule has 0 amide bonds. The van der Waals surface area contributed by atoms with Crippen molar-refractivity contribution in [3.8, 4) is 0 Å². The molecule has 0 rings (SSSR count). The average Bonchev–Trinajstić information content (AvgIpc) is 2.41. The van der Waals surface area contributed by atoms with Gasteiger partial charge in [-0.1, -0.05) is 0 Å². The summed E-state index contributed by atoms with van der Waals surface area (Å²) in [4.78, 5) is 2.35. The molecule has 5 nitrogen and oxygen atoms in total. The van der Waals surface area contributed by atoms with E-state index in [1.807, 2.05) is 14.0 Å². The molecule has 1 atom stereocenters. The quantitative estimate of drug-likeness (QED) is 0.497. The summed E-state index contributed by atoms with van der Waals surface area (Å²) in [6, 6.07) is 0. The summed E-state index contributed by atoms with van der Waals surface area (Å²) < 4.78 is 10.2. The average molecular weight is 262 g/mol. The van der Waals surface area contributed by atoms with Crippen LogP contribution in [0.1, 0.15) is 19.8 Å². The molecule has 18 heavy (non-hydrogen) atoms. The summed E-state index contributed by atoms with van der Waals surface area (Å²) in [6.07, 6.45) is 1.94. The second kappa shape index (κ2) is 10.7. The van der Waals surface area contributed by atoms with Gasteiger partial charge in [0.15, 0.2) is 0 Å². The van der Waals surface area contributed by atoms with Crippen molar-refractivity contribution >= 4 is 0 Å². The molecule has 110 valence electrons. The Hall–Kier alpha value is -0.200. The molecule has 0 saturated carbocycles. The minimum atomic E-state index is -0.202. The molecular weight excluding hydrogens is 232 g/mol. The SMILES string of the molecule is CNC(C)(CO)CCN(CCCOC)CCOC.